The predicted molar refractivity (Wildman–Crippen MR) is 68.7 cm³/mol. The highest BCUT2D eigenvalue weighted by Gasteiger charge is 2.22. The van der Waals surface area contributed by atoms with E-state index in [1.165, 1.54) is 7.11 Å². The number of ether oxygens (including phenoxy) is 1. The maximum atomic E-state index is 12.1. The van der Waals surface area contributed by atoms with E-state index >= 15 is 0 Å². The molecule has 6 heteroatoms. The molecule has 0 radical (unpaired) electrons. The topological polar surface area (TPSA) is 91.4 Å². The lowest BCUT2D eigenvalue weighted by Gasteiger charge is -2.14. The number of H-pyrrole nitrogens is 1. The van der Waals surface area contributed by atoms with Crippen LogP contribution >= 0.6 is 0 Å². The van der Waals surface area contributed by atoms with Crippen molar-refractivity contribution in [3.8, 4) is 0 Å². The van der Waals surface area contributed by atoms with E-state index in [-0.39, 0.29) is 0 Å². The number of carbonyl (C=O) groups excluding carboxylic acids is 2. The summed E-state index contributed by atoms with van der Waals surface area (Å²) >= 11 is 0. The average molecular weight is 262 g/mol. The Morgan fingerprint density at radius 3 is 2.89 bits per heavy atom. The van der Waals surface area contributed by atoms with Gasteiger partial charge in [0.1, 0.15) is 0 Å². The first-order chi connectivity index (χ1) is 9.17. The predicted octanol–water partition coefficient (Wildman–Crippen LogP) is 0.432. The normalized spacial score (nSPS) is 12.1. The molecule has 1 amide bonds. The van der Waals surface area contributed by atoms with Crippen LogP contribution in [0.15, 0.2) is 30.5 Å². The Labute approximate surface area is 109 Å². The van der Waals surface area contributed by atoms with Gasteiger partial charge < -0.3 is 20.1 Å². The fourth-order valence-electron chi connectivity index (χ4n) is 1.84. The van der Waals surface area contributed by atoms with E-state index < -0.39 is 24.5 Å². The molecule has 0 bridgehead atoms. The highest BCUT2D eigenvalue weighted by Crippen LogP contribution is 2.17. The standard InChI is InChI=1S/C13H14N2O4/c1-19-13(18)11(7-16)15-12(17)9-3-2-4-10-8(9)5-6-14-10/h2-6,11,14,16H,7H2,1H3,(H,15,17)/t11-/m0/s1. The van der Waals surface area contributed by atoms with Crippen LogP contribution in [0.3, 0.4) is 0 Å². The molecule has 0 aliphatic heterocycles. The van der Waals surface area contributed by atoms with Crippen LogP contribution in [0.1, 0.15) is 10.4 Å². The Balaban J connectivity index is 2.24. The van der Waals surface area contributed by atoms with Crippen LogP contribution in [0, 0.1) is 0 Å². The molecule has 1 heterocycles. The van der Waals surface area contributed by atoms with Gasteiger partial charge in [0.25, 0.3) is 5.91 Å². The summed E-state index contributed by atoms with van der Waals surface area (Å²) in [4.78, 5) is 26.4. The van der Waals surface area contributed by atoms with Gasteiger partial charge in [-0.3, -0.25) is 4.79 Å². The first-order valence-corrected chi connectivity index (χ1v) is 5.73. The van der Waals surface area contributed by atoms with Gasteiger partial charge in [0.2, 0.25) is 0 Å². The monoisotopic (exact) mass is 262 g/mol. The minimum atomic E-state index is -1.06. The first-order valence-electron chi connectivity index (χ1n) is 5.73. The zero-order valence-corrected chi connectivity index (χ0v) is 10.3. The molecule has 2 aromatic rings. The van der Waals surface area contributed by atoms with E-state index in [0.29, 0.717) is 5.56 Å². The lowest BCUT2D eigenvalue weighted by molar-refractivity contribution is -0.143. The zero-order chi connectivity index (χ0) is 13.8. The number of hydrogen-bond acceptors (Lipinski definition) is 4. The number of amides is 1. The van der Waals surface area contributed by atoms with E-state index in [9.17, 15) is 9.59 Å². The summed E-state index contributed by atoms with van der Waals surface area (Å²) in [5, 5.41) is 12.3. The molecular formula is C13H14N2O4. The summed E-state index contributed by atoms with van der Waals surface area (Å²) in [5.74, 6) is -1.12. The number of benzene rings is 1. The molecule has 0 spiro atoms. The van der Waals surface area contributed by atoms with Crippen molar-refractivity contribution >= 4 is 22.8 Å². The van der Waals surface area contributed by atoms with Crippen molar-refractivity contribution in [2.75, 3.05) is 13.7 Å². The SMILES string of the molecule is COC(=O)[C@H](CO)NC(=O)c1cccc2[nH]ccc12. The fraction of sp³-hybridized carbons (Fsp3) is 0.231. The van der Waals surface area contributed by atoms with E-state index in [0.717, 1.165) is 10.9 Å². The lowest BCUT2D eigenvalue weighted by atomic mass is 10.1. The van der Waals surface area contributed by atoms with E-state index in [4.69, 9.17) is 5.11 Å². The largest absolute Gasteiger partial charge is 0.467 e. The highest BCUT2D eigenvalue weighted by molar-refractivity contribution is 6.07. The number of nitrogens with one attached hydrogen (secondary N) is 2. The maximum Gasteiger partial charge on any atom is 0.330 e. The third kappa shape index (κ3) is 2.58. The van der Waals surface area contributed by atoms with Crippen molar-refractivity contribution < 1.29 is 19.4 Å². The molecule has 2 rings (SSSR count). The molecule has 0 fully saturated rings. The summed E-state index contributed by atoms with van der Waals surface area (Å²) in [5.41, 5.74) is 1.26. The van der Waals surface area contributed by atoms with Crippen LogP contribution in [0.2, 0.25) is 0 Å². The molecular weight excluding hydrogens is 248 g/mol. The van der Waals surface area contributed by atoms with Crippen LogP contribution in [-0.4, -0.2) is 41.7 Å². The zero-order valence-electron chi connectivity index (χ0n) is 10.3. The summed E-state index contributed by atoms with van der Waals surface area (Å²) in [6, 6.07) is 5.94. The van der Waals surface area contributed by atoms with Gasteiger partial charge in [-0.05, 0) is 18.2 Å². The van der Waals surface area contributed by atoms with Crippen LogP contribution in [-0.2, 0) is 9.53 Å². The van der Waals surface area contributed by atoms with Gasteiger partial charge >= 0.3 is 5.97 Å². The summed E-state index contributed by atoms with van der Waals surface area (Å²) in [6.45, 7) is -0.512. The molecule has 100 valence electrons. The molecule has 0 saturated carbocycles. The molecule has 0 aliphatic rings. The van der Waals surface area contributed by atoms with Crippen LogP contribution in [0.4, 0.5) is 0 Å². The second-order valence-electron chi connectivity index (χ2n) is 3.98. The number of rotatable bonds is 4. The van der Waals surface area contributed by atoms with Gasteiger partial charge in [0, 0.05) is 22.7 Å². The summed E-state index contributed by atoms with van der Waals surface area (Å²) < 4.78 is 4.49. The van der Waals surface area contributed by atoms with Gasteiger partial charge in [-0.15, -0.1) is 0 Å². The van der Waals surface area contributed by atoms with Gasteiger partial charge in [0.05, 0.1) is 13.7 Å². The molecule has 19 heavy (non-hydrogen) atoms. The molecule has 0 saturated heterocycles. The number of hydrogen-bond donors (Lipinski definition) is 3. The van der Waals surface area contributed by atoms with Crippen molar-refractivity contribution in [3.05, 3.63) is 36.0 Å². The number of esters is 1. The van der Waals surface area contributed by atoms with Gasteiger partial charge in [-0.2, -0.15) is 0 Å². The maximum absolute atomic E-state index is 12.1. The van der Waals surface area contributed by atoms with Crippen molar-refractivity contribution in [2.24, 2.45) is 0 Å². The molecule has 0 unspecified atom stereocenters. The number of aliphatic hydroxyl groups is 1. The van der Waals surface area contributed by atoms with Crippen molar-refractivity contribution in [3.63, 3.8) is 0 Å². The van der Waals surface area contributed by atoms with Gasteiger partial charge in [-0.1, -0.05) is 6.07 Å². The molecule has 0 aliphatic carbocycles. The lowest BCUT2D eigenvalue weighted by Crippen LogP contribution is -2.44. The molecule has 1 atom stereocenters. The van der Waals surface area contributed by atoms with Gasteiger partial charge in [-0.25, -0.2) is 4.79 Å². The fourth-order valence-corrected chi connectivity index (χ4v) is 1.84. The van der Waals surface area contributed by atoms with Crippen molar-refractivity contribution in [1.29, 1.82) is 0 Å². The van der Waals surface area contributed by atoms with Crippen molar-refractivity contribution in [2.45, 2.75) is 6.04 Å². The number of aromatic amines is 1. The third-order valence-electron chi connectivity index (χ3n) is 2.81. The Bertz CT molecular complexity index is 605. The average Bonchev–Trinajstić information content (AvgIpc) is 2.91. The number of carbonyl (C=O) groups is 2. The second-order valence-corrected chi connectivity index (χ2v) is 3.98. The van der Waals surface area contributed by atoms with E-state index in [1.54, 1.807) is 24.4 Å². The van der Waals surface area contributed by atoms with E-state index in [1.807, 2.05) is 6.07 Å². The number of aliphatic hydroxyl groups excluding tert-OH is 1. The highest BCUT2D eigenvalue weighted by atomic mass is 16.5. The van der Waals surface area contributed by atoms with Crippen molar-refractivity contribution in [1.82, 2.24) is 10.3 Å². The first kappa shape index (κ1) is 13.1. The third-order valence-corrected chi connectivity index (χ3v) is 2.81. The quantitative estimate of drug-likeness (QED) is 0.697. The summed E-state index contributed by atoms with van der Waals surface area (Å²) in [6.07, 6.45) is 1.73. The van der Waals surface area contributed by atoms with E-state index in [2.05, 4.69) is 15.0 Å². The van der Waals surface area contributed by atoms with Crippen LogP contribution in [0.25, 0.3) is 10.9 Å². The molecule has 1 aromatic heterocycles. The smallest absolute Gasteiger partial charge is 0.330 e. The molecule has 3 N–H and O–H groups in total. The molecule has 1 aromatic carbocycles. The van der Waals surface area contributed by atoms with Crippen LogP contribution < -0.4 is 5.32 Å². The van der Waals surface area contributed by atoms with Crippen LogP contribution in [0.5, 0.6) is 0 Å². The Hall–Kier alpha value is -2.34. The van der Waals surface area contributed by atoms with Gasteiger partial charge in [0.15, 0.2) is 6.04 Å². The minimum Gasteiger partial charge on any atom is -0.467 e. The second kappa shape index (κ2) is 5.53. The Kier molecular flexibility index (Phi) is 3.82. The molecule has 6 nitrogen and oxygen atoms in total. The number of methoxy groups -OCH3 is 1. The Morgan fingerprint density at radius 1 is 1.42 bits per heavy atom. The summed E-state index contributed by atoms with van der Waals surface area (Å²) in [7, 11) is 1.20. The number of fused-ring (bicyclic) bond motifs is 1. The Morgan fingerprint density at radius 2 is 2.21 bits per heavy atom. The number of aromatic nitrogens is 1. The minimum absolute atomic E-state index is 0.432.